The molecule has 0 radical (unpaired) electrons. The van der Waals surface area contributed by atoms with Crippen LogP contribution >= 0.6 is 15.9 Å². The SMILES string of the molecule is Cc1c(Br)cccc1C(=O)NC1(CO)CC1. The van der Waals surface area contributed by atoms with Gasteiger partial charge in [0.15, 0.2) is 0 Å². The van der Waals surface area contributed by atoms with E-state index in [4.69, 9.17) is 5.11 Å². The van der Waals surface area contributed by atoms with Gasteiger partial charge in [0.25, 0.3) is 5.91 Å². The maximum atomic E-state index is 12.0. The Hall–Kier alpha value is -0.870. The first-order valence-electron chi connectivity index (χ1n) is 5.26. The van der Waals surface area contributed by atoms with Crippen LogP contribution in [0, 0.1) is 6.92 Å². The van der Waals surface area contributed by atoms with Crippen LogP contribution in [0.15, 0.2) is 22.7 Å². The van der Waals surface area contributed by atoms with Crippen LogP contribution in [0.5, 0.6) is 0 Å². The largest absolute Gasteiger partial charge is 0.394 e. The molecule has 1 aliphatic rings. The number of aliphatic hydroxyl groups is 1. The second-order valence-electron chi connectivity index (χ2n) is 4.30. The highest BCUT2D eigenvalue weighted by Gasteiger charge is 2.43. The monoisotopic (exact) mass is 283 g/mol. The molecule has 4 heteroatoms. The number of aliphatic hydroxyl groups excluding tert-OH is 1. The van der Waals surface area contributed by atoms with Gasteiger partial charge in [0.2, 0.25) is 0 Å². The quantitative estimate of drug-likeness (QED) is 0.892. The summed E-state index contributed by atoms with van der Waals surface area (Å²) in [5, 5.41) is 12.0. The van der Waals surface area contributed by atoms with Crippen molar-refractivity contribution in [3.63, 3.8) is 0 Å². The van der Waals surface area contributed by atoms with Gasteiger partial charge in [-0.25, -0.2) is 0 Å². The number of halogens is 1. The van der Waals surface area contributed by atoms with Gasteiger partial charge in [-0.2, -0.15) is 0 Å². The Bertz CT molecular complexity index is 427. The van der Waals surface area contributed by atoms with E-state index in [9.17, 15) is 4.79 Å². The molecular weight excluding hydrogens is 270 g/mol. The molecular formula is C12H14BrNO2. The summed E-state index contributed by atoms with van der Waals surface area (Å²) in [6, 6.07) is 5.54. The summed E-state index contributed by atoms with van der Waals surface area (Å²) in [5.41, 5.74) is 1.23. The molecule has 0 bridgehead atoms. The highest BCUT2D eigenvalue weighted by molar-refractivity contribution is 9.10. The molecule has 0 spiro atoms. The van der Waals surface area contributed by atoms with Crippen LogP contribution < -0.4 is 5.32 Å². The van der Waals surface area contributed by atoms with Gasteiger partial charge >= 0.3 is 0 Å². The highest BCUT2D eigenvalue weighted by Crippen LogP contribution is 2.35. The molecule has 0 aliphatic heterocycles. The van der Waals surface area contributed by atoms with Gasteiger partial charge in [0.1, 0.15) is 0 Å². The Morgan fingerprint density at radius 3 is 2.81 bits per heavy atom. The zero-order valence-corrected chi connectivity index (χ0v) is 10.7. The van der Waals surface area contributed by atoms with E-state index in [1.165, 1.54) is 0 Å². The summed E-state index contributed by atoms with van der Waals surface area (Å²) in [5.74, 6) is -0.106. The van der Waals surface area contributed by atoms with Crippen LogP contribution in [0.4, 0.5) is 0 Å². The minimum atomic E-state index is -0.355. The third-order valence-corrected chi connectivity index (χ3v) is 3.91. The van der Waals surface area contributed by atoms with Crippen molar-refractivity contribution in [2.45, 2.75) is 25.3 Å². The molecule has 1 aliphatic carbocycles. The van der Waals surface area contributed by atoms with Crippen molar-refractivity contribution in [1.82, 2.24) is 5.32 Å². The first kappa shape index (κ1) is 11.6. The van der Waals surface area contributed by atoms with E-state index in [0.29, 0.717) is 5.56 Å². The van der Waals surface area contributed by atoms with Crippen LogP contribution in [0.25, 0.3) is 0 Å². The topological polar surface area (TPSA) is 49.3 Å². The molecule has 1 aromatic rings. The number of carbonyl (C=O) groups excluding carboxylic acids is 1. The van der Waals surface area contributed by atoms with Crippen molar-refractivity contribution in [2.24, 2.45) is 0 Å². The molecule has 16 heavy (non-hydrogen) atoms. The fourth-order valence-corrected chi connectivity index (χ4v) is 2.00. The second kappa shape index (κ2) is 4.18. The zero-order valence-electron chi connectivity index (χ0n) is 9.09. The molecule has 0 heterocycles. The lowest BCUT2D eigenvalue weighted by atomic mass is 10.1. The van der Waals surface area contributed by atoms with Gasteiger partial charge in [-0.05, 0) is 37.5 Å². The summed E-state index contributed by atoms with van der Waals surface area (Å²) >= 11 is 3.40. The Kier molecular flexibility index (Phi) is 3.04. The van der Waals surface area contributed by atoms with E-state index in [1.807, 2.05) is 19.1 Å². The smallest absolute Gasteiger partial charge is 0.252 e. The van der Waals surface area contributed by atoms with Gasteiger partial charge in [-0.15, -0.1) is 0 Å². The van der Waals surface area contributed by atoms with Crippen molar-refractivity contribution >= 4 is 21.8 Å². The van der Waals surface area contributed by atoms with E-state index in [2.05, 4.69) is 21.2 Å². The fourth-order valence-electron chi connectivity index (χ4n) is 1.64. The van der Waals surface area contributed by atoms with Crippen molar-refractivity contribution in [3.05, 3.63) is 33.8 Å². The molecule has 2 N–H and O–H groups in total. The van der Waals surface area contributed by atoms with E-state index < -0.39 is 0 Å². The van der Waals surface area contributed by atoms with Crippen LogP contribution in [0.2, 0.25) is 0 Å². The average Bonchev–Trinajstić information content (AvgIpc) is 3.02. The second-order valence-corrected chi connectivity index (χ2v) is 5.16. The molecule has 1 amide bonds. The fraction of sp³-hybridized carbons (Fsp3) is 0.417. The summed E-state index contributed by atoms with van der Waals surface area (Å²) in [6.07, 6.45) is 1.73. The molecule has 3 nitrogen and oxygen atoms in total. The zero-order chi connectivity index (χ0) is 11.8. The first-order valence-corrected chi connectivity index (χ1v) is 6.06. The van der Waals surface area contributed by atoms with Gasteiger partial charge in [0.05, 0.1) is 12.1 Å². The normalized spacial score (nSPS) is 16.9. The number of carbonyl (C=O) groups is 1. The van der Waals surface area contributed by atoms with Crippen molar-refractivity contribution in [3.8, 4) is 0 Å². The van der Waals surface area contributed by atoms with Crippen molar-refractivity contribution < 1.29 is 9.90 Å². The van der Waals surface area contributed by atoms with E-state index >= 15 is 0 Å². The average molecular weight is 284 g/mol. The maximum absolute atomic E-state index is 12.0. The minimum absolute atomic E-state index is 0.0196. The molecule has 0 saturated heterocycles. The van der Waals surface area contributed by atoms with Gasteiger partial charge in [-0.1, -0.05) is 22.0 Å². The van der Waals surface area contributed by atoms with Crippen LogP contribution in [-0.4, -0.2) is 23.2 Å². The molecule has 1 aromatic carbocycles. The Balaban J connectivity index is 2.18. The summed E-state index contributed by atoms with van der Waals surface area (Å²) in [4.78, 5) is 12.0. The van der Waals surface area contributed by atoms with Gasteiger partial charge in [-0.3, -0.25) is 4.79 Å². The molecule has 1 saturated carbocycles. The number of hydrogen-bond acceptors (Lipinski definition) is 2. The van der Waals surface area contributed by atoms with E-state index in [0.717, 1.165) is 22.9 Å². The van der Waals surface area contributed by atoms with E-state index in [-0.39, 0.29) is 18.1 Å². The molecule has 86 valence electrons. The van der Waals surface area contributed by atoms with Crippen LogP contribution in [0.3, 0.4) is 0 Å². The maximum Gasteiger partial charge on any atom is 0.252 e. The van der Waals surface area contributed by atoms with Gasteiger partial charge in [0, 0.05) is 10.0 Å². The van der Waals surface area contributed by atoms with E-state index in [1.54, 1.807) is 6.07 Å². The number of benzene rings is 1. The lowest BCUT2D eigenvalue weighted by Crippen LogP contribution is -2.39. The molecule has 0 atom stereocenters. The molecule has 2 rings (SSSR count). The Morgan fingerprint density at radius 2 is 2.25 bits per heavy atom. The summed E-state index contributed by atoms with van der Waals surface area (Å²) < 4.78 is 0.925. The lowest BCUT2D eigenvalue weighted by molar-refractivity contribution is 0.0906. The predicted octanol–water partition coefficient (Wildman–Crippen LogP) is 2.01. The predicted molar refractivity (Wildman–Crippen MR) is 65.4 cm³/mol. The number of nitrogens with one attached hydrogen (secondary N) is 1. The molecule has 0 aromatic heterocycles. The van der Waals surface area contributed by atoms with Crippen LogP contribution in [0.1, 0.15) is 28.8 Å². The van der Waals surface area contributed by atoms with Crippen molar-refractivity contribution in [2.75, 3.05) is 6.61 Å². The third kappa shape index (κ3) is 2.13. The minimum Gasteiger partial charge on any atom is -0.394 e. The Labute approximate surface area is 103 Å². The molecule has 0 unspecified atom stereocenters. The number of hydrogen-bond donors (Lipinski definition) is 2. The van der Waals surface area contributed by atoms with Crippen LogP contribution in [-0.2, 0) is 0 Å². The third-order valence-electron chi connectivity index (χ3n) is 3.05. The number of rotatable bonds is 3. The lowest BCUT2D eigenvalue weighted by Gasteiger charge is -2.15. The molecule has 1 fully saturated rings. The first-order chi connectivity index (χ1) is 7.58. The summed E-state index contributed by atoms with van der Waals surface area (Å²) in [7, 11) is 0. The number of amides is 1. The standard InChI is InChI=1S/C12H14BrNO2/c1-8-9(3-2-4-10(8)13)11(16)14-12(7-15)5-6-12/h2-4,15H,5-7H2,1H3,(H,14,16). The summed E-state index contributed by atoms with van der Waals surface area (Å²) in [6.45, 7) is 1.92. The Morgan fingerprint density at radius 1 is 1.56 bits per heavy atom. The van der Waals surface area contributed by atoms with Crippen molar-refractivity contribution in [1.29, 1.82) is 0 Å². The highest BCUT2D eigenvalue weighted by atomic mass is 79.9. The van der Waals surface area contributed by atoms with Gasteiger partial charge < -0.3 is 10.4 Å².